The third kappa shape index (κ3) is 7.21. The summed E-state index contributed by atoms with van der Waals surface area (Å²) in [5.41, 5.74) is 2.01. The number of hydrogen-bond acceptors (Lipinski definition) is 4. The van der Waals surface area contributed by atoms with Crippen molar-refractivity contribution >= 4 is 34.4 Å². The van der Waals surface area contributed by atoms with Crippen molar-refractivity contribution in [2.75, 3.05) is 0 Å². The Kier molecular flexibility index (Phi) is 8.97. The lowest BCUT2D eigenvalue weighted by atomic mass is 10.0. The smallest absolute Gasteiger partial charge is 0.416 e. The zero-order valence-electron chi connectivity index (χ0n) is 22.8. The summed E-state index contributed by atoms with van der Waals surface area (Å²) in [6.07, 6.45) is -4.45. The number of carboxylic acids is 1. The molecule has 0 aliphatic carbocycles. The van der Waals surface area contributed by atoms with E-state index in [0.717, 1.165) is 28.6 Å². The van der Waals surface area contributed by atoms with Gasteiger partial charge in [-0.1, -0.05) is 66.7 Å². The highest BCUT2D eigenvalue weighted by molar-refractivity contribution is 7.99. The van der Waals surface area contributed by atoms with E-state index >= 15 is 0 Å². The first-order valence-electron chi connectivity index (χ1n) is 12.9. The fraction of sp³-hybridized carbons (Fsp3) is 0.250. The summed E-state index contributed by atoms with van der Waals surface area (Å²) in [6, 6.07) is 21.7. The predicted molar refractivity (Wildman–Crippen MR) is 155 cm³/mol. The van der Waals surface area contributed by atoms with Crippen molar-refractivity contribution in [1.29, 1.82) is 0 Å². The van der Waals surface area contributed by atoms with Gasteiger partial charge in [-0.15, -0.1) is 11.8 Å². The number of fused-ring (bicyclic) bond motifs is 1. The Morgan fingerprint density at radius 1 is 0.927 bits per heavy atom. The maximum atomic E-state index is 13.6. The molecule has 0 radical (unpaired) electrons. The van der Waals surface area contributed by atoms with Gasteiger partial charge in [0.1, 0.15) is 18.4 Å². The fourth-order valence-corrected chi connectivity index (χ4v) is 5.56. The Bertz CT molecular complexity index is 1550. The molecule has 41 heavy (non-hydrogen) atoms. The Balaban J connectivity index is 1.58. The molecule has 1 atom stereocenters. The van der Waals surface area contributed by atoms with Crippen LogP contribution in [0.1, 0.15) is 46.5 Å². The Hall–Kier alpha value is -3.98. The highest BCUT2D eigenvalue weighted by Gasteiger charge is 2.38. The van der Waals surface area contributed by atoms with Crippen LogP contribution in [0.15, 0.2) is 84.9 Å². The van der Waals surface area contributed by atoms with E-state index in [4.69, 9.17) is 4.74 Å². The molecule has 0 bridgehead atoms. The van der Waals surface area contributed by atoms with Crippen LogP contribution < -0.4 is 10.1 Å². The molecular weight excluding hydrogens is 551 g/mol. The first-order valence-corrected chi connectivity index (χ1v) is 13.9. The molecule has 0 saturated heterocycles. The molecule has 0 saturated carbocycles. The normalized spacial score (nSPS) is 12.6. The largest absolute Gasteiger partial charge is 0.487 e. The monoisotopic (exact) mass is 581 g/mol. The number of aryl methyl sites for hydroxylation is 1. The van der Waals surface area contributed by atoms with E-state index in [1.807, 2.05) is 43.3 Å². The maximum Gasteiger partial charge on any atom is 0.416 e. The Morgan fingerprint density at radius 2 is 1.59 bits per heavy atom. The summed E-state index contributed by atoms with van der Waals surface area (Å²) in [5.74, 6) is -1.02. The van der Waals surface area contributed by atoms with Crippen LogP contribution in [0.3, 0.4) is 0 Å². The summed E-state index contributed by atoms with van der Waals surface area (Å²) < 4.78 is 44.1. The van der Waals surface area contributed by atoms with E-state index < -0.39 is 34.4 Å². The number of nitrogens with one attached hydrogen (secondary N) is 1. The summed E-state index contributed by atoms with van der Waals surface area (Å²) >= 11 is 1.43. The number of amides is 1. The molecule has 9 heteroatoms. The van der Waals surface area contributed by atoms with Crippen molar-refractivity contribution in [3.05, 3.63) is 113 Å². The average Bonchev–Trinajstić information content (AvgIpc) is 2.93. The summed E-state index contributed by atoms with van der Waals surface area (Å²) in [4.78, 5) is 25.9. The molecule has 214 valence electrons. The van der Waals surface area contributed by atoms with E-state index in [-0.39, 0.29) is 17.9 Å². The van der Waals surface area contributed by atoms with Gasteiger partial charge in [0.2, 0.25) is 0 Å². The van der Waals surface area contributed by atoms with Crippen LogP contribution in [-0.2, 0) is 23.3 Å². The molecule has 5 nitrogen and oxygen atoms in total. The molecule has 1 amide bonds. The quantitative estimate of drug-likeness (QED) is 0.201. The minimum absolute atomic E-state index is 0.0907. The molecule has 0 unspecified atom stereocenters. The van der Waals surface area contributed by atoms with Crippen LogP contribution in [0.5, 0.6) is 5.75 Å². The minimum atomic E-state index is -4.45. The van der Waals surface area contributed by atoms with Crippen LogP contribution in [0.4, 0.5) is 13.2 Å². The highest BCUT2D eigenvalue weighted by Crippen LogP contribution is 2.35. The lowest BCUT2D eigenvalue weighted by Crippen LogP contribution is -2.52. The van der Waals surface area contributed by atoms with Gasteiger partial charge < -0.3 is 15.2 Å². The van der Waals surface area contributed by atoms with Crippen molar-refractivity contribution in [2.24, 2.45) is 0 Å². The molecule has 4 aromatic rings. The van der Waals surface area contributed by atoms with Crippen molar-refractivity contribution in [2.45, 2.75) is 50.1 Å². The summed E-state index contributed by atoms with van der Waals surface area (Å²) in [6.45, 7) is 5.45. The minimum Gasteiger partial charge on any atom is -0.487 e. The maximum absolute atomic E-state index is 13.6. The Morgan fingerprint density at radius 3 is 2.24 bits per heavy atom. The number of rotatable bonds is 10. The number of carbonyl (C=O) groups is 2. The third-order valence-electron chi connectivity index (χ3n) is 6.87. The Labute approximate surface area is 240 Å². The lowest BCUT2D eigenvalue weighted by Gasteiger charge is -2.32. The topological polar surface area (TPSA) is 75.6 Å². The van der Waals surface area contributed by atoms with Gasteiger partial charge in [-0.2, -0.15) is 13.2 Å². The van der Waals surface area contributed by atoms with Gasteiger partial charge in [0, 0.05) is 15.9 Å². The van der Waals surface area contributed by atoms with Crippen LogP contribution >= 0.6 is 11.8 Å². The molecule has 4 aromatic carbocycles. The van der Waals surface area contributed by atoms with Crippen LogP contribution in [0, 0.1) is 6.92 Å². The predicted octanol–water partition coefficient (Wildman–Crippen LogP) is 7.64. The van der Waals surface area contributed by atoms with Crippen molar-refractivity contribution in [3.63, 3.8) is 0 Å². The fourth-order valence-electron chi connectivity index (χ4n) is 4.38. The number of benzene rings is 4. The number of hydrogen-bond donors (Lipinski definition) is 2. The number of ether oxygens (including phenoxy) is 1. The number of thioether (sulfide) groups is 1. The van der Waals surface area contributed by atoms with Gasteiger partial charge in [0.05, 0.1) is 11.1 Å². The second kappa shape index (κ2) is 12.3. The molecule has 0 aliphatic rings. The third-order valence-corrected chi connectivity index (χ3v) is 8.30. The standard InChI is InChI=1S/C32H30F3NO4S/c1-20-8-4-5-10-23(20)19-41-31(2,3)28(30(38)39)36-29(37)26-17-14-22-9-6-7-11-25(22)27(26)40-18-21-12-15-24(16-13-21)32(33,34)35/h4-17,28H,18-19H2,1-3H3,(H,36,37)(H,38,39)/t28-/m1/s1. The van der Waals surface area contributed by atoms with E-state index in [1.54, 1.807) is 38.1 Å². The lowest BCUT2D eigenvalue weighted by molar-refractivity contribution is -0.140. The SMILES string of the molecule is Cc1ccccc1CSC(C)(C)[C@H](NC(=O)c1ccc2ccccc2c1OCc1ccc(C(F)(F)F)cc1)C(=O)O. The number of alkyl halides is 3. The van der Waals surface area contributed by atoms with Gasteiger partial charge in [0.25, 0.3) is 5.91 Å². The van der Waals surface area contributed by atoms with Crippen LogP contribution in [0.2, 0.25) is 0 Å². The molecule has 0 heterocycles. The molecule has 0 aromatic heterocycles. The zero-order valence-corrected chi connectivity index (χ0v) is 23.6. The first kappa shape index (κ1) is 30.0. The number of aliphatic carboxylic acids is 1. The highest BCUT2D eigenvalue weighted by atomic mass is 32.2. The summed E-state index contributed by atoms with van der Waals surface area (Å²) in [7, 11) is 0. The molecule has 4 rings (SSSR count). The second-order valence-electron chi connectivity index (χ2n) is 10.2. The number of carboxylic acid groups (broad SMARTS) is 1. The molecule has 0 aliphatic heterocycles. The van der Waals surface area contributed by atoms with E-state index in [0.29, 0.717) is 16.7 Å². The van der Waals surface area contributed by atoms with E-state index in [1.165, 1.54) is 23.9 Å². The molecule has 0 spiro atoms. The number of halogens is 3. The van der Waals surface area contributed by atoms with Gasteiger partial charge in [-0.3, -0.25) is 4.79 Å². The van der Waals surface area contributed by atoms with E-state index in [9.17, 15) is 27.9 Å². The van der Waals surface area contributed by atoms with Crippen LogP contribution in [-0.4, -0.2) is 27.8 Å². The van der Waals surface area contributed by atoms with Crippen LogP contribution in [0.25, 0.3) is 10.8 Å². The number of carbonyl (C=O) groups excluding carboxylic acids is 1. The molecule has 0 fully saturated rings. The zero-order chi connectivity index (χ0) is 29.8. The van der Waals surface area contributed by atoms with Gasteiger partial charge in [0.15, 0.2) is 0 Å². The second-order valence-corrected chi connectivity index (χ2v) is 11.8. The van der Waals surface area contributed by atoms with E-state index in [2.05, 4.69) is 5.32 Å². The van der Waals surface area contributed by atoms with Gasteiger partial charge in [-0.05, 0) is 61.0 Å². The van der Waals surface area contributed by atoms with Crippen molar-refractivity contribution < 1.29 is 32.6 Å². The van der Waals surface area contributed by atoms with Gasteiger partial charge >= 0.3 is 12.1 Å². The van der Waals surface area contributed by atoms with Gasteiger partial charge in [-0.25, -0.2) is 4.79 Å². The van der Waals surface area contributed by atoms with Crippen molar-refractivity contribution in [1.82, 2.24) is 5.32 Å². The first-order chi connectivity index (χ1) is 19.4. The summed E-state index contributed by atoms with van der Waals surface area (Å²) in [5, 5.41) is 14.2. The molecular formula is C32H30F3NO4S. The molecule has 2 N–H and O–H groups in total. The average molecular weight is 582 g/mol. The van der Waals surface area contributed by atoms with Crippen molar-refractivity contribution in [3.8, 4) is 5.75 Å².